The third kappa shape index (κ3) is 5.97. The smallest absolute Gasteiger partial charge is 0.144 e. The van der Waals surface area contributed by atoms with Crippen molar-refractivity contribution < 1.29 is 17.7 Å². The van der Waals surface area contributed by atoms with E-state index >= 15 is 0 Å². The van der Waals surface area contributed by atoms with Crippen LogP contribution in [0.5, 0.6) is 0 Å². The maximum absolute atomic E-state index is 7.07. The molecule has 0 spiro atoms. The lowest BCUT2D eigenvalue weighted by atomic mass is 9.91. The van der Waals surface area contributed by atoms with Gasteiger partial charge in [-0.1, -0.05) is 158 Å². The first-order valence-electron chi connectivity index (χ1n) is 23.7. The lowest BCUT2D eigenvalue weighted by molar-refractivity contribution is 0.661. The zero-order chi connectivity index (χ0) is 45.9. The molecule has 4 aromatic heterocycles. The fourth-order valence-corrected chi connectivity index (χ4v) is 11.0. The van der Waals surface area contributed by atoms with Crippen molar-refractivity contribution in [2.75, 3.05) is 0 Å². The molecule has 4 heterocycles. The number of furan rings is 4. The molecule has 0 aliphatic rings. The first-order valence-corrected chi connectivity index (χ1v) is 23.7. The molecule has 0 bridgehead atoms. The molecule has 0 saturated heterocycles. The van der Waals surface area contributed by atoms with Crippen molar-refractivity contribution in [3.8, 4) is 66.8 Å². The van der Waals surface area contributed by atoms with E-state index in [2.05, 4.69) is 218 Å². The minimum atomic E-state index is 0.769. The molecule has 0 aliphatic heterocycles. The summed E-state index contributed by atoms with van der Waals surface area (Å²) < 4.78 is 28.0. The zero-order valence-electron chi connectivity index (χ0n) is 37.6. The van der Waals surface area contributed by atoms with Gasteiger partial charge in [-0.25, -0.2) is 0 Å². The molecule has 0 N–H and O–H groups in total. The predicted octanol–water partition coefficient (Wildman–Crippen LogP) is 19.3. The molecule has 326 valence electrons. The topological polar surface area (TPSA) is 52.6 Å². The third-order valence-electron chi connectivity index (χ3n) is 14.2. The molecule has 4 heteroatoms. The van der Waals surface area contributed by atoms with E-state index in [1.165, 1.54) is 0 Å². The van der Waals surface area contributed by atoms with Gasteiger partial charge in [0, 0.05) is 54.2 Å². The summed E-state index contributed by atoms with van der Waals surface area (Å²) in [6.07, 6.45) is 0. The van der Waals surface area contributed by atoms with Crippen LogP contribution in [-0.4, -0.2) is 0 Å². The molecule has 0 amide bonds. The van der Waals surface area contributed by atoms with Crippen molar-refractivity contribution in [2.24, 2.45) is 0 Å². The van der Waals surface area contributed by atoms with Crippen molar-refractivity contribution in [1.82, 2.24) is 0 Å². The van der Waals surface area contributed by atoms with Crippen LogP contribution < -0.4 is 0 Å². The highest BCUT2D eigenvalue weighted by Crippen LogP contribution is 2.50. The second kappa shape index (κ2) is 15.1. The molecular formula is C66H38O4. The average molecular weight is 895 g/mol. The van der Waals surface area contributed by atoms with Gasteiger partial charge >= 0.3 is 0 Å². The van der Waals surface area contributed by atoms with E-state index in [0.29, 0.717) is 0 Å². The van der Waals surface area contributed by atoms with Gasteiger partial charge in [0.15, 0.2) is 0 Å². The minimum Gasteiger partial charge on any atom is -0.456 e. The molecule has 0 atom stereocenters. The Hall–Kier alpha value is -9.38. The van der Waals surface area contributed by atoms with Gasteiger partial charge in [-0.3, -0.25) is 0 Å². The summed E-state index contributed by atoms with van der Waals surface area (Å²) in [5.74, 6) is 0. The van der Waals surface area contributed by atoms with Crippen LogP contribution in [0.4, 0.5) is 0 Å². The minimum absolute atomic E-state index is 0.769. The maximum Gasteiger partial charge on any atom is 0.144 e. The second-order valence-electron chi connectivity index (χ2n) is 18.3. The molecule has 0 radical (unpaired) electrons. The molecule has 4 nitrogen and oxygen atoms in total. The van der Waals surface area contributed by atoms with Crippen LogP contribution in [0.2, 0.25) is 0 Å². The summed E-state index contributed by atoms with van der Waals surface area (Å²) in [7, 11) is 0. The van der Waals surface area contributed by atoms with Gasteiger partial charge in [-0.05, 0) is 128 Å². The van der Waals surface area contributed by atoms with Crippen molar-refractivity contribution in [2.45, 2.75) is 0 Å². The number of fused-ring (bicyclic) bond motifs is 14. The Morgan fingerprint density at radius 1 is 0.186 bits per heavy atom. The lowest BCUT2D eigenvalue weighted by Gasteiger charge is -2.12. The standard InChI is InChI=1S/C66H38O4/c1-5-17-39(18-6-1)43-29-44(40-19-7-2-8-20-40)32-47(31-43)51-35-59-61(63-49-25-13-15-27-55(49)69-65(51)63)53-37-58-54(38-57(53)67-59)62-60(68-58)36-52(66-64(62)50-26-14-16-28-56(50)70-66)48-33-45(41-21-9-3-10-22-41)30-46(34-48)42-23-11-4-12-24-42/h1-38H. The van der Waals surface area contributed by atoms with E-state index in [1.54, 1.807) is 0 Å². The fourth-order valence-electron chi connectivity index (χ4n) is 11.0. The van der Waals surface area contributed by atoms with E-state index in [4.69, 9.17) is 17.7 Å². The first kappa shape index (κ1) is 38.7. The number of benzene rings is 11. The van der Waals surface area contributed by atoms with Crippen LogP contribution in [0, 0.1) is 0 Å². The second-order valence-corrected chi connectivity index (χ2v) is 18.3. The SMILES string of the molecule is c1ccc(-c2cc(-c3ccccc3)cc(-c3cc4oc5cc6c(cc5c4c4c3oc3ccccc34)oc3cc(-c4cc(-c5ccccc5)cc(-c5ccccc5)c4)c4oc5ccccc5c4c36)c2)cc1. The maximum atomic E-state index is 7.07. The summed E-state index contributed by atoms with van der Waals surface area (Å²) in [5.41, 5.74) is 19.5. The van der Waals surface area contributed by atoms with Gasteiger partial charge in [0.1, 0.15) is 44.7 Å². The molecule has 15 aromatic rings. The Morgan fingerprint density at radius 2 is 0.500 bits per heavy atom. The van der Waals surface area contributed by atoms with Crippen LogP contribution >= 0.6 is 0 Å². The third-order valence-corrected chi connectivity index (χ3v) is 14.2. The van der Waals surface area contributed by atoms with Crippen molar-refractivity contribution in [1.29, 1.82) is 0 Å². The molecule has 0 fully saturated rings. The van der Waals surface area contributed by atoms with Gasteiger partial charge in [-0.2, -0.15) is 0 Å². The fraction of sp³-hybridized carbons (Fsp3) is 0. The zero-order valence-corrected chi connectivity index (χ0v) is 37.6. The molecule has 0 aliphatic carbocycles. The molecule has 0 unspecified atom stereocenters. The van der Waals surface area contributed by atoms with Crippen LogP contribution in [0.25, 0.3) is 155 Å². The normalized spacial score (nSPS) is 12.0. The number of hydrogen-bond donors (Lipinski definition) is 0. The van der Waals surface area contributed by atoms with Crippen LogP contribution in [-0.2, 0) is 0 Å². The number of para-hydroxylation sites is 2. The highest BCUT2D eigenvalue weighted by molar-refractivity contribution is 6.32. The Balaban J connectivity index is 0.992. The van der Waals surface area contributed by atoms with Crippen LogP contribution in [0.15, 0.2) is 248 Å². The lowest BCUT2D eigenvalue weighted by Crippen LogP contribution is -1.87. The van der Waals surface area contributed by atoms with E-state index in [-0.39, 0.29) is 0 Å². The average Bonchev–Trinajstić information content (AvgIpc) is 4.20. The Bertz CT molecular complexity index is 4140. The van der Waals surface area contributed by atoms with Crippen molar-refractivity contribution in [3.05, 3.63) is 231 Å². The van der Waals surface area contributed by atoms with Crippen LogP contribution in [0.3, 0.4) is 0 Å². The Morgan fingerprint density at radius 3 is 0.857 bits per heavy atom. The summed E-state index contributed by atoms with van der Waals surface area (Å²) in [6.45, 7) is 0. The Kier molecular flexibility index (Phi) is 8.33. The molecule has 11 aromatic carbocycles. The largest absolute Gasteiger partial charge is 0.456 e. The molecule has 15 rings (SSSR count). The van der Waals surface area contributed by atoms with Crippen molar-refractivity contribution >= 4 is 87.8 Å². The number of hydrogen-bond acceptors (Lipinski definition) is 4. The van der Waals surface area contributed by atoms with E-state index < -0.39 is 0 Å². The van der Waals surface area contributed by atoms with E-state index in [0.717, 1.165) is 155 Å². The summed E-state index contributed by atoms with van der Waals surface area (Å²) >= 11 is 0. The summed E-state index contributed by atoms with van der Waals surface area (Å²) in [5, 5.41) is 8.01. The predicted molar refractivity (Wildman–Crippen MR) is 288 cm³/mol. The summed E-state index contributed by atoms with van der Waals surface area (Å²) in [6, 6.07) is 81.2. The number of rotatable bonds is 6. The van der Waals surface area contributed by atoms with Gasteiger partial charge in [0.25, 0.3) is 0 Å². The van der Waals surface area contributed by atoms with Gasteiger partial charge in [0.2, 0.25) is 0 Å². The highest BCUT2D eigenvalue weighted by atomic mass is 16.3. The van der Waals surface area contributed by atoms with Crippen molar-refractivity contribution in [3.63, 3.8) is 0 Å². The van der Waals surface area contributed by atoms with Gasteiger partial charge < -0.3 is 17.7 Å². The van der Waals surface area contributed by atoms with Crippen LogP contribution in [0.1, 0.15) is 0 Å². The molecule has 0 saturated carbocycles. The summed E-state index contributed by atoms with van der Waals surface area (Å²) in [4.78, 5) is 0. The van der Waals surface area contributed by atoms with Gasteiger partial charge in [0.05, 0.1) is 0 Å². The molecule has 70 heavy (non-hydrogen) atoms. The monoisotopic (exact) mass is 894 g/mol. The quantitative estimate of drug-likeness (QED) is 0.167. The highest BCUT2D eigenvalue weighted by Gasteiger charge is 2.26. The van der Waals surface area contributed by atoms with E-state index in [9.17, 15) is 0 Å². The Labute approximate surface area is 400 Å². The first-order chi connectivity index (χ1) is 34.7. The van der Waals surface area contributed by atoms with Gasteiger partial charge in [-0.15, -0.1) is 0 Å². The molecular weight excluding hydrogens is 857 g/mol. The van der Waals surface area contributed by atoms with E-state index in [1.807, 2.05) is 12.1 Å².